The van der Waals surface area contributed by atoms with E-state index in [4.69, 9.17) is 29.5 Å². The zero-order valence-corrected chi connectivity index (χ0v) is 35.4. The Hall–Kier alpha value is -6.35. The van der Waals surface area contributed by atoms with Gasteiger partial charge >= 0.3 is 17.9 Å². The molecule has 0 saturated carbocycles. The van der Waals surface area contributed by atoms with Crippen molar-refractivity contribution in [1.82, 2.24) is 0 Å². The third-order valence-electron chi connectivity index (χ3n) is 8.06. The van der Waals surface area contributed by atoms with Gasteiger partial charge in [0.25, 0.3) is 0 Å². The molecule has 0 aromatic heterocycles. The Kier molecular flexibility index (Phi) is 30.8. The fraction of sp³-hybridized carbons (Fsp3) is 0.314. The molecule has 6 rings (SSSR count). The highest BCUT2D eigenvalue weighted by atomic mass is 16.5. The summed E-state index contributed by atoms with van der Waals surface area (Å²) in [7, 11) is 0. The van der Waals surface area contributed by atoms with Gasteiger partial charge in [-0.15, -0.1) is 0 Å². The topological polar surface area (TPSA) is 140 Å². The van der Waals surface area contributed by atoms with E-state index in [1.54, 1.807) is 72.8 Å². The van der Waals surface area contributed by atoms with E-state index in [0.717, 1.165) is 69.2 Å². The Labute approximate surface area is 357 Å². The lowest BCUT2D eigenvalue weighted by atomic mass is 10.0. The maximum absolute atomic E-state index is 10.3. The first-order chi connectivity index (χ1) is 29.2. The molecule has 0 heterocycles. The number of aromatic carboxylic acids is 2. The molecule has 4 aromatic carbocycles. The Morgan fingerprint density at radius 3 is 1.18 bits per heavy atom. The summed E-state index contributed by atoms with van der Waals surface area (Å²) in [5.41, 5.74) is 0.662. The van der Waals surface area contributed by atoms with Gasteiger partial charge in [0, 0.05) is 6.42 Å². The molecule has 0 bridgehead atoms. The molecule has 0 atom stereocenters. The predicted molar refractivity (Wildman–Crippen MR) is 242 cm³/mol. The van der Waals surface area contributed by atoms with Crippen LogP contribution in [0.2, 0.25) is 0 Å². The van der Waals surface area contributed by atoms with E-state index < -0.39 is 23.8 Å². The number of aliphatic carboxylic acids is 1. The van der Waals surface area contributed by atoms with Gasteiger partial charge in [-0.3, -0.25) is 4.79 Å². The number of allylic oxidation sites excluding steroid dienone is 5. The summed E-state index contributed by atoms with van der Waals surface area (Å²) >= 11 is 0. The standard InChI is InChI=1S/C10H16O.2C10H14O.C7H8O2.2C7H6O2/c3*1-2-3-9-11-10-7-5-4-6-8-10;3*8-7(9)6-4-2-1-3-5-6/h4-5,8H,2-3,6-7,9H2,1H3;2*4-8H,2-3,9H2,1H3;2-6H,1H2,(H,8,9);2*1-5H,(H,8,9). The van der Waals surface area contributed by atoms with Crippen LogP contribution in [0.1, 0.15) is 99.3 Å². The molecule has 9 heteroatoms. The molecule has 3 N–H and O–H groups in total. The van der Waals surface area contributed by atoms with Crippen molar-refractivity contribution < 1.29 is 43.9 Å². The molecular weight excluding hydrogens is 757 g/mol. The number of hydrogen-bond acceptors (Lipinski definition) is 6. The Bertz CT molecular complexity index is 1680. The average Bonchev–Trinajstić information content (AvgIpc) is 3.30. The number of benzene rings is 4. The summed E-state index contributed by atoms with van der Waals surface area (Å²) in [5, 5.41) is 25.2. The Morgan fingerprint density at radius 1 is 0.500 bits per heavy atom. The molecule has 9 nitrogen and oxygen atoms in total. The van der Waals surface area contributed by atoms with Gasteiger partial charge < -0.3 is 29.5 Å². The summed E-state index contributed by atoms with van der Waals surface area (Å²) in [5.74, 6) is 0.176. The van der Waals surface area contributed by atoms with Gasteiger partial charge in [0.15, 0.2) is 0 Å². The molecule has 322 valence electrons. The molecule has 0 aliphatic heterocycles. The molecule has 2 aliphatic rings. The number of carboxylic acid groups (broad SMARTS) is 3. The van der Waals surface area contributed by atoms with Crippen molar-refractivity contribution in [3.05, 3.63) is 181 Å². The van der Waals surface area contributed by atoms with Gasteiger partial charge in [-0.05, 0) is 86.7 Å². The zero-order chi connectivity index (χ0) is 43.9. The molecule has 0 fully saturated rings. The van der Waals surface area contributed by atoms with E-state index in [-0.39, 0.29) is 0 Å². The van der Waals surface area contributed by atoms with E-state index in [1.165, 1.54) is 25.7 Å². The van der Waals surface area contributed by atoms with E-state index in [0.29, 0.717) is 11.1 Å². The van der Waals surface area contributed by atoms with E-state index in [2.05, 4.69) is 39.0 Å². The van der Waals surface area contributed by atoms with Gasteiger partial charge in [-0.1, -0.05) is 149 Å². The van der Waals surface area contributed by atoms with E-state index in [1.807, 2.05) is 72.8 Å². The lowest BCUT2D eigenvalue weighted by Crippen LogP contribution is -2.08. The van der Waals surface area contributed by atoms with Crippen LogP contribution in [0.15, 0.2) is 170 Å². The second-order valence-electron chi connectivity index (χ2n) is 13.1. The van der Waals surface area contributed by atoms with Crippen LogP contribution >= 0.6 is 0 Å². The second-order valence-corrected chi connectivity index (χ2v) is 13.1. The first kappa shape index (κ1) is 51.7. The van der Waals surface area contributed by atoms with Crippen LogP contribution in [0.25, 0.3) is 0 Å². The largest absolute Gasteiger partial charge is 0.498 e. The quantitative estimate of drug-likeness (QED) is 0.0789. The minimum absolute atomic E-state index is 0.331. The zero-order valence-electron chi connectivity index (χ0n) is 35.4. The predicted octanol–water partition coefficient (Wildman–Crippen LogP) is 12.7. The molecule has 0 radical (unpaired) electrons. The van der Waals surface area contributed by atoms with Crippen LogP contribution in [-0.2, 0) is 9.53 Å². The van der Waals surface area contributed by atoms with Crippen molar-refractivity contribution in [2.75, 3.05) is 19.8 Å². The molecule has 0 unspecified atom stereocenters. The molecule has 2 aliphatic carbocycles. The maximum Gasteiger partial charge on any atom is 0.335 e. The van der Waals surface area contributed by atoms with Gasteiger partial charge in [0.2, 0.25) is 0 Å². The number of ether oxygens (including phenoxy) is 3. The van der Waals surface area contributed by atoms with Crippen LogP contribution in [0, 0.1) is 5.92 Å². The van der Waals surface area contributed by atoms with Gasteiger partial charge in [-0.2, -0.15) is 0 Å². The highest BCUT2D eigenvalue weighted by molar-refractivity contribution is 5.87. The minimum atomic E-state index is -0.879. The van der Waals surface area contributed by atoms with Crippen LogP contribution in [0.4, 0.5) is 0 Å². The van der Waals surface area contributed by atoms with Crippen LogP contribution in [-0.4, -0.2) is 53.0 Å². The number of carbonyl (C=O) groups is 3. The SMILES string of the molecule is CCCCOC1=CCC=CC1.CCCCOc1ccccc1.CCCCOc1ccccc1.O=C(O)C1C=CCC=C1.O=C(O)c1ccccc1.O=C(O)c1ccccc1. The van der Waals surface area contributed by atoms with Crippen LogP contribution in [0.3, 0.4) is 0 Å². The summed E-state index contributed by atoms with van der Waals surface area (Å²) in [6, 6.07) is 36.5. The molecule has 0 spiro atoms. The number of carboxylic acids is 3. The summed E-state index contributed by atoms with van der Waals surface area (Å²) in [6.07, 6.45) is 23.5. The van der Waals surface area contributed by atoms with E-state index >= 15 is 0 Å². The maximum atomic E-state index is 10.3. The highest BCUT2D eigenvalue weighted by Gasteiger charge is 2.10. The van der Waals surface area contributed by atoms with Crippen molar-refractivity contribution in [1.29, 1.82) is 0 Å². The molecule has 4 aromatic rings. The molecule has 60 heavy (non-hydrogen) atoms. The molecule has 0 saturated heterocycles. The first-order valence-corrected chi connectivity index (χ1v) is 20.7. The van der Waals surface area contributed by atoms with Crippen LogP contribution < -0.4 is 9.47 Å². The summed E-state index contributed by atoms with van der Waals surface area (Å²) in [4.78, 5) is 30.7. The smallest absolute Gasteiger partial charge is 0.335 e. The third-order valence-corrected chi connectivity index (χ3v) is 8.06. The fourth-order valence-corrected chi connectivity index (χ4v) is 4.67. The van der Waals surface area contributed by atoms with Gasteiger partial charge in [0.05, 0.1) is 42.6 Å². The van der Waals surface area contributed by atoms with Crippen molar-refractivity contribution in [3.63, 3.8) is 0 Å². The monoisotopic (exact) mass is 820 g/mol. The third kappa shape index (κ3) is 28.1. The van der Waals surface area contributed by atoms with Crippen molar-refractivity contribution in [3.8, 4) is 11.5 Å². The van der Waals surface area contributed by atoms with Crippen LogP contribution in [0.5, 0.6) is 11.5 Å². The Balaban J connectivity index is 0.000000361. The van der Waals surface area contributed by atoms with Gasteiger partial charge in [-0.25, -0.2) is 9.59 Å². The van der Waals surface area contributed by atoms with Crippen molar-refractivity contribution >= 4 is 17.9 Å². The Morgan fingerprint density at radius 2 is 0.883 bits per heavy atom. The minimum Gasteiger partial charge on any atom is -0.498 e. The van der Waals surface area contributed by atoms with E-state index in [9.17, 15) is 14.4 Å². The number of unbranched alkanes of at least 4 members (excludes halogenated alkanes) is 3. The number of para-hydroxylation sites is 2. The highest BCUT2D eigenvalue weighted by Crippen LogP contribution is 2.13. The lowest BCUT2D eigenvalue weighted by Gasteiger charge is -2.09. The average molecular weight is 821 g/mol. The number of hydrogen-bond donors (Lipinski definition) is 3. The molecular formula is C51H64O9. The first-order valence-electron chi connectivity index (χ1n) is 20.7. The lowest BCUT2D eigenvalue weighted by molar-refractivity contribution is -0.138. The normalized spacial score (nSPS) is 11.9. The van der Waals surface area contributed by atoms with Crippen molar-refractivity contribution in [2.24, 2.45) is 5.92 Å². The van der Waals surface area contributed by atoms with Crippen molar-refractivity contribution in [2.45, 2.75) is 78.6 Å². The fourth-order valence-electron chi connectivity index (χ4n) is 4.67. The summed E-state index contributed by atoms with van der Waals surface area (Å²) in [6.45, 7) is 9.05. The number of rotatable bonds is 15. The van der Waals surface area contributed by atoms with Gasteiger partial charge in [0.1, 0.15) is 11.5 Å². The molecule has 0 amide bonds. The second kappa shape index (κ2) is 35.8. The summed E-state index contributed by atoms with van der Waals surface area (Å²) < 4.78 is 16.4.